The number of methoxy groups -OCH3 is 1. The second kappa shape index (κ2) is 5.48. The van der Waals surface area contributed by atoms with Crippen LogP contribution in [0.5, 0.6) is 5.75 Å². The number of aromatic carboxylic acids is 1. The van der Waals surface area contributed by atoms with Gasteiger partial charge >= 0.3 is 5.97 Å². The van der Waals surface area contributed by atoms with Gasteiger partial charge in [0.15, 0.2) is 0 Å². The molecule has 4 nitrogen and oxygen atoms in total. The van der Waals surface area contributed by atoms with Gasteiger partial charge in [0, 0.05) is 10.7 Å². The summed E-state index contributed by atoms with van der Waals surface area (Å²) in [5.41, 5.74) is 1.28. The van der Waals surface area contributed by atoms with Gasteiger partial charge in [-0.15, -0.1) is 0 Å². The van der Waals surface area contributed by atoms with E-state index in [4.69, 9.17) is 4.74 Å². The van der Waals surface area contributed by atoms with Crippen molar-refractivity contribution in [2.75, 3.05) is 7.11 Å². The largest absolute Gasteiger partial charge is 0.497 e. The van der Waals surface area contributed by atoms with Crippen LogP contribution in [0.1, 0.15) is 29.0 Å². The number of halogens is 1. The van der Waals surface area contributed by atoms with Crippen LogP contribution in [0.4, 0.5) is 0 Å². The Morgan fingerprint density at radius 2 is 2.00 bits per heavy atom. The highest BCUT2D eigenvalue weighted by Gasteiger charge is 2.17. The van der Waals surface area contributed by atoms with Crippen LogP contribution < -0.4 is 4.74 Å². The second-order valence-corrected chi connectivity index (χ2v) is 5.12. The highest BCUT2D eigenvalue weighted by molar-refractivity contribution is 9.10. The molecule has 0 fully saturated rings. The SMILES string of the molecule is COc1ccc(C(C)n2cc(Br)cc2C(=O)O)cc1. The molecule has 0 aliphatic heterocycles. The Hall–Kier alpha value is -1.75. The fourth-order valence-electron chi connectivity index (χ4n) is 1.98. The second-order valence-electron chi connectivity index (χ2n) is 4.21. The van der Waals surface area contributed by atoms with Crippen molar-refractivity contribution in [1.29, 1.82) is 0 Å². The van der Waals surface area contributed by atoms with Gasteiger partial charge in [-0.2, -0.15) is 0 Å². The van der Waals surface area contributed by atoms with Crippen LogP contribution in [0.3, 0.4) is 0 Å². The van der Waals surface area contributed by atoms with E-state index in [0.717, 1.165) is 15.8 Å². The first-order valence-electron chi connectivity index (χ1n) is 5.77. The van der Waals surface area contributed by atoms with Crippen molar-refractivity contribution in [3.63, 3.8) is 0 Å². The summed E-state index contributed by atoms with van der Waals surface area (Å²) in [5, 5.41) is 9.20. The summed E-state index contributed by atoms with van der Waals surface area (Å²) >= 11 is 3.31. The van der Waals surface area contributed by atoms with Gasteiger partial charge in [-0.25, -0.2) is 4.79 Å². The highest BCUT2D eigenvalue weighted by atomic mass is 79.9. The lowest BCUT2D eigenvalue weighted by Crippen LogP contribution is -2.12. The van der Waals surface area contributed by atoms with Crippen molar-refractivity contribution in [3.8, 4) is 5.75 Å². The minimum atomic E-state index is -0.939. The molecular formula is C14H14BrNO3. The van der Waals surface area contributed by atoms with Crippen LogP contribution in [0.15, 0.2) is 41.0 Å². The van der Waals surface area contributed by atoms with Gasteiger partial charge in [0.25, 0.3) is 0 Å². The zero-order valence-electron chi connectivity index (χ0n) is 10.6. The number of ether oxygens (including phenoxy) is 1. The number of hydrogen-bond acceptors (Lipinski definition) is 2. The van der Waals surface area contributed by atoms with Crippen molar-refractivity contribution in [1.82, 2.24) is 4.57 Å². The Morgan fingerprint density at radius 1 is 1.37 bits per heavy atom. The summed E-state index contributed by atoms with van der Waals surface area (Å²) in [7, 11) is 1.62. The number of carbonyl (C=O) groups is 1. The number of carboxylic acid groups (broad SMARTS) is 1. The van der Waals surface area contributed by atoms with Gasteiger partial charge in [-0.1, -0.05) is 12.1 Å². The quantitative estimate of drug-likeness (QED) is 0.935. The van der Waals surface area contributed by atoms with Gasteiger partial charge in [0.05, 0.1) is 13.2 Å². The Kier molecular flexibility index (Phi) is 3.95. The molecule has 0 radical (unpaired) electrons. The normalized spacial score (nSPS) is 12.2. The zero-order valence-corrected chi connectivity index (χ0v) is 12.2. The molecule has 100 valence electrons. The molecule has 0 bridgehead atoms. The van der Waals surface area contributed by atoms with Crippen molar-refractivity contribution in [2.24, 2.45) is 0 Å². The predicted molar refractivity (Wildman–Crippen MR) is 75.9 cm³/mol. The Bertz CT molecular complexity index is 589. The summed E-state index contributed by atoms with van der Waals surface area (Å²) in [4.78, 5) is 11.2. The van der Waals surface area contributed by atoms with Crippen LogP contribution in [0.2, 0.25) is 0 Å². The monoisotopic (exact) mass is 323 g/mol. The molecule has 5 heteroatoms. The van der Waals surface area contributed by atoms with E-state index in [1.54, 1.807) is 23.9 Å². The third-order valence-corrected chi connectivity index (χ3v) is 3.48. The zero-order chi connectivity index (χ0) is 14.0. The Balaban J connectivity index is 2.37. The molecule has 1 aromatic heterocycles. The molecule has 1 aromatic carbocycles. The summed E-state index contributed by atoms with van der Waals surface area (Å²) in [6, 6.07) is 9.13. The molecule has 19 heavy (non-hydrogen) atoms. The summed E-state index contributed by atoms with van der Waals surface area (Å²) in [6.07, 6.45) is 1.78. The topological polar surface area (TPSA) is 51.5 Å². The molecule has 2 aromatic rings. The van der Waals surface area contributed by atoms with Gasteiger partial charge in [0.2, 0.25) is 0 Å². The van der Waals surface area contributed by atoms with Gasteiger partial charge in [0.1, 0.15) is 11.4 Å². The lowest BCUT2D eigenvalue weighted by molar-refractivity contribution is 0.0684. The predicted octanol–water partition coefficient (Wildman–Crippen LogP) is 3.57. The van der Waals surface area contributed by atoms with Crippen LogP contribution in [-0.4, -0.2) is 22.8 Å². The first-order chi connectivity index (χ1) is 9.02. The first kappa shape index (κ1) is 13.7. The number of aromatic nitrogens is 1. The van der Waals surface area contributed by atoms with E-state index in [9.17, 15) is 9.90 Å². The van der Waals surface area contributed by atoms with Crippen molar-refractivity contribution in [2.45, 2.75) is 13.0 Å². The standard InChI is InChI=1S/C14H14BrNO3/c1-9(10-3-5-12(19-2)6-4-10)16-8-11(15)7-13(16)14(17)18/h3-9H,1-2H3,(H,17,18). The molecule has 0 spiro atoms. The van der Waals surface area contributed by atoms with E-state index in [1.807, 2.05) is 31.2 Å². The maximum Gasteiger partial charge on any atom is 0.352 e. The molecule has 0 amide bonds. The molecule has 2 rings (SSSR count). The summed E-state index contributed by atoms with van der Waals surface area (Å²) in [6.45, 7) is 1.96. The minimum Gasteiger partial charge on any atom is -0.497 e. The lowest BCUT2D eigenvalue weighted by Gasteiger charge is -2.16. The molecule has 0 saturated heterocycles. The van der Waals surface area contributed by atoms with Crippen molar-refractivity contribution >= 4 is 21.9 Å². The molecule has 1 N–H and O–H groups in total. The van der Waals surface area contributed by atoms with Crippen LogP contribution in [-0.2, 0) is 0 Å². The average molecular weight is 324 g/mol. The van der Waals surface area contributed by atoms with Gasteiger partial charge in [-0.05, 0) is 46.6 Å². The number of hydrogen-bond donors (Lipinski definition) is 1. The fourth-order valence-corrected chi connectivity index (χ4v) is 2.42. The van der Waals surface area contributed by atoms with E-state index in [-0.39, 0.29) is 11.7 Å². The maximum atomic E-state index is 11.2. The van der Waals surface area contributed by atoms with Gasteiger partial charge in [-0.3, -0.25) is 0 Å². The van der Waals surface area contributed by atoms with E-state index >= 15 is 0 Å². The Morgan fingerprint density at radius 3 is 2.53 bits per heavy atom. The lowest BCUT2D eigenvalue weighted by atomic mass is 10.1. The molecule has 1 heterocycles. The highest BCUT2D eigenvalue weighted by Crippen LogP contribution is 2.25. The van der Waals surface area contributed by atoms with Crippen LogP contribution >= 0.6 is 15.9 Å². The van der Waals surface area contributed by atoms with Crippen LogP contribution in [0, 0.1) is 0 Å². The number of carboxylic acids is 1. The first-order valence-corrected chi connectivity index (χ1v) is 6.57. The maximum absolute atomic E-state index is 11.2. The number of nitrogens with zero attached hydrogens (tertiary/aromatic N) is 1. The number of benzene rings is 1. The molecular weight excluding hydrogens is 310 g/mol. The van der Waals surface area contributed by atoms with Crippen LogP contribution in [0.25, 0.3) is 0 Å². The summed E-state index contributed by atoms with van der Waals surface area (Å²) < 4.78 is 7.60. The molecule has 0 saturated carbocycles. The smallest absolute Gasteiger partial charge is 0.352 e. The third-order valence-electron chi connectivity index (χ3n) is 3.05. The van der Waals surface area contributed by atoms with E-state index in [2.05, 4.69) is 15.9 Å². The van der Waals surface area contributed by atoms with E-state index < -0.39 is 5.97 Å². The minimum absolute atomic E-state index is 0.0664. The van der Waals surface area contributed by atoms with E-state index in [1.165, 1.54) is 0 Å². The fraction of sp³-hybridized carbons (Fsp3) is 0.214. The van der Waals surface area contributed by atoms with Gasteiger partial charge < -0.3 is 14.4 Å². The molecule has 0 aliphatic rings. The summed E-state index contributed by atoms with van der Waals surface area (Å²) in [5.74, 6) is -0.158. The van der Waals surface area contributed by atoms with E-state index in [0.29, 0.717) is 0 Å². The number of rotatable bonds is 4. The molecule has 1 unspecified atom stereocenters. The molecule has 0 aliphatic carbocycles. The average Bonchev–Trinajstić information content (AvgIpc) is 2.80. The van der Waals surface area contributed by atoms with Crippen molar-refractivity contribution < 1.29 is 14.6 Å². The third kappa shape index (κ3) is 2.81. The van der Waals surface area contributed by atoms with Crippen molar-refractivity contribution in [3.05, 3.63) is 52.3 Å². The molecule has 1 atom stereocenters. The Labute approximate surface area is 119 Å².